The lowest BCUT2D eigenvalue weighted by Crippen LogP contribution is -2.09. The molecule has 1 unspecified atom stereocenters. The summed E-state index contributed by atoms with van der Waals surface area (Å²) < 4.78 is 24.4. The molecular formula is C14H12FNO2. The van der Waals surface area contributed by atoms with Gasteiger partial charge in [-0.3, -0.25) is 0 Å². The molecule has 0 amide bonds. The molecule has 0 aliphatic heterocycles. The smallest absolute Gasteiger partial charge is 0.169 e. The van der Waals surface area contributed by atoms with Gasteiger partial charge in [0.25, 0.3) is 0 Å². The molecule has 0 saturated heterocycles. The van der Waals surface area contributed by atoms with Gasteiger partial charge in [-0.1, -0.05) is 12.1 Å². The fraction of sp³-hybridized carbons (Fsp3) is 0.143. The molecule has 1 atom stereocenters. The molecule has 0 aliphatic carbocycles. The van der Waals surface area contributed by atoms with Crippen molar-refractivity contribution in [3.8, 4) is 0 Å². The van der Waals surface area contributed by atoms with Gasteiger partial charge in [0.05, 0.1) is 0 Å². The van der Waals surface area contributed by atoms with Crippen molar-refractivity contribution in [2.45, 2.75) is 13.0 Å². The second-order valence-corrected chi connectivity index (χ2v) is 4.23. The number of aryl methyl sites for hydroxylation is 1. The summed E-state index contributed by atoms with van der Waals surface area (Å²) in [4.78, 5) is 0. The molecule has 18 heavy (non-hydrogen) atoms. The summed E-state index contributed by atoms with van der Waals surface area (Å²) in [5.41, 5.74) is 6.26. The molecule has 2 aromatic heterocycles. The first-order chi connectivity index (χ1) is 8.65. The van der Waals surface area contributed by atoms with Crippen LogP contribution in [-0.4, -0.2) is 0 Å². The van der Waals surface area contributed by atoms with Crippen LogP contribution in [-0.2, 0) is 0 Å². The Morgan fingerprint density at radius 3 is 2.61 bits per heavy atom. The number of para-hydroxylation sites is 1. The molecule has 92 valence electrons. The predicted molar refractivity (Wildman–Crippen MR) is 65.6 cm³/mol. The van der Waals surface area contributed by atoms with Gasteiger partial charge >= 0.3 is 0 Å². The van der Waals surface area contributed by atoms with E-state index in [4.69, 9.17) is 14.6 Å². The van der Waals surface area contributed by atoms with Gasteiger partial charge in [-0.2, -0.15) is 0 Å². The van der Waals surface area contributed by atoms with Gasteiger partial charge in [-0.05, 0) is 31.2 Å². The Morgan fingerprint density at radius 2 is 1.94 bits per heavy atom. The average Bonchev–Trinajstić information content (AvgIpc) is 2.95. The maximum atomic E-state index is 13.5. The largest absolute Gasteiger partial charge is 0.464 e. The Labute approximate surface area is 103 Å². The number of furan rings is 2. The van der Waals surface area contributed by atoms with E-state index in [0.29, 0.717) is 16.9 Å². The molecule has 0 radical (unpaired) electrons. The van der Waals surface area contributed by atoms with Gasteiger partial charge in [-0.25, -0.2) is 4.39 Å². The van der Waals surface area contributed by atoms with Crippen molar-refractivity contribution in [2.75, 3.05) is 0 Å². The second-order valence-electron chi connectivity index (χ2n) is 4.23. The lowest BCUT2D eigenvalue weighted by atomic mass is 10.1. The van der Waals surface area contributed by atoms with Crippen molar-refractivity contribution in [1.29, 1.82) is 0 Å². The molecule has 2 heterocycles. The van der Waals surface area contributed by atoms with E-state index < -0.39 is 6.04 Å². The van der Waals surface area contributed by atoms with E-state index in [2.05, 4.69) is 0 Å². The van der Waals surface area contributed by atoms with Crippen LogP contribution < -0.4 is 5.73 Å². The molecular weight excluding hydrogens is 233 g/mol. The number of hydrogen-bond acceptors (Lipinski definition) is 3. The highest BCUT2D eigenvalue weighted by Crippen LogP contribution is 2.28. The van der Waals surface area contributed by atoms with E-state index in [-0.39, 0.29) is 11.4 Å². The Hall–Kier alpha value is -2.07. The highest BCUT2D eigenvalue weighted by Gasteiger charge is 2.18. The van der Waals surface area contributed by atoms with Crippen molar-refractivity contribution in [3.63, 3.8) is 0 Å². The zero-order chi connectivity index (χ0) is 12.7. The van der Waals surface area contributed by atoms with Crippen molar-refractivity contribution >= 4 is 11.0 Å². The predicted octanol–water partition coefficient (Wildman–Crippen LogP) is 3.52. The molecule has 0 aliphatic rings. The quantitative estimate of drug-likeness (QED) is 0.751. The third-order valence-corrected chi connectivity index (χ3v) is 2.89. The van der Waals surface area contributed by atoms with Crippen LogP contribution in [0.4, 0.5) is 4.39 Å². The zero-order valence-electron chi connectivity index (χ0n) is 9.81. The van der Waals surface area contributed by atoms with Crippen LogP contribution in [0.1, 0.15) is 23.3 Å². The maximum absolute atomic E-state index is 13.5. The minimum atomic E-state index is -0.523. The van der Waals surface area contributed by atoms with Crippen LogP contribution in [0.25, 0.3) is 11.0 Å². The van der Waals surface area contributed by atoms with E-state index in [1.807, 2.05) is 13.0 Å². The Balaban J connectivity index is 2.06. The molecule has 2 N–H and O–H groups in total. The van der Waals surface area contributed by atoms with Crippen molar-refractivity contribution in [1.82, 2.24) is 0 Å². The topological polar surface area (TPSA) is 52.3 Å². The third kappa shape index (κ3) is 1.71. The Bertz CT molecular complexity index is 699. The van der Waals surface area contributed by atoms with Gasteiger partial charge < -0.3 is 14.6 Å². The average molecular weight is 245 g/mol. The summed E-state index contributed by atoms with van der Waals surface area (Å²) >= 11 is 0. The molecule has 0 bridgehead atoms. The summed E-state index contributed by atoms with van der Waals surface area (Å²) in [6.07, 6.45) is 0. The SMILES string of the molecule is Cc1ccc(C(N)c2cc3cccc(F)c3o2)o1. The molecule has 3 aromatic rings. The fourth-order valence-corrected chi connectivity index (χ4v) is 1.96. The number of halogens is 1. The third-order valence-electron chi connectivity index (χ3n) is 2.89. The number of nitrogens with two attached hydrogens (primary N) is 1. The maximum Gasteiger partial charge on any atom is 0.169 e. The molecule has 1 aromatic carbocycles. The number of fused-ring (bicyclic) bond motifs is 1. The molecule has 3 nitrogen and oxygen atoms in total. The molecule has 0 saturated carbocycles. The number of hydrogen-bond donors (Lipinski definition) is 1. The van der Waals surface area contributed by atoms with E-state index >= 15 is 0 Å². The van der Waals surface area contributed by atoms with Crippen LogP contribution in [0.2, 0.25) is 0 Å². The van der Waals surface area contributed by atoms with Crippen LogP contribution in [0, 0.1) is 12.7 Å². The molecule has 3 rings (SSSR count). The lowest BCUT2D eigenvalue weighted by Gasteiger charge is -2.04. The molecule has 0 spiro atoms. The molecule has 4 heteroatoms. The summed E-state index contributed by atoms with van der Waals surface area (Å²) in [7, 11) is 0. The highest BCUT2D eigenvalue weighted by atomic mass is 19.1. The number of benzene rings is 1. The first kappa shape index (κ1) is 11.0. The normalized spacial score (nSPS) is 13.1. The van der Waals surface area contributed by atoms with Crippen molar-refractivity contribution in [2.24, 2.45) is 5.73 Å². The summed E-state index contributed by atoms with van der Waals surface area (Å²) in [5, 5.41) is 0.698. The van der Waals surface area contributed by atoms with Gasteiger partial charge in [0.1, 0.15) is 23.3 Å². The second kappa shape index (κ2) is 3.99. The molecule has 0 fully saturated rings. The van der Waals surface area contributed by atoms with Gasteiger partial charge in [0.15, 0.2) is 11.4 Å². The van der Waals surface area contributed by atoms with Gasteiger partial charge in [0.2, 0.25) is 0 Å². The first-order valence-corrected chi connectivity index (χ1v) is 5.65. The fourth-order valence-electron chi connectivity index (χ4n) is 1.96. The Morgan fingerprint density at radius 1 is 1.11 bits per heavy atom. The van der Waals surface area contributed by atoms with Crippen LogP contribution in [0.5, 0.6) is 0 Å². The van der Waals surface area contributed by atoms with Crippen molar-refractivity contribution in [3.05, 3.63) is 59.5 Å². The minimum Gasteiger partial charge on any atom is -0.464 e. The van der Waals surface area contributed by atoms with Crippen LogP contribution in [0.15, 0.2) is 45.2 Å². The van der Waals surface area contributed by atoms with E-state index in [0.717, 1.165) is 5.76 Å². The number of rotatable bonds is 2. The highest BCUT2D eigenvalue weighted by molar-refractivity contribution is 5.78. The van der Waals surface area contributed by atoms with Crippen molar-refractivity contribution < 1.29 is 13.2 Å². The Kier molecular flexibility index (Phi) is 2.45. The summed E-state index contributed by atoms with van der Waals surface area (Å²) in [5.74, 6) is 1.49. The van der Waals surface area contributed by atoms with Crippen LogP contribution >= 0.6 is 0 Å². The minimum absolute atomic E-state index is 0.228. The monoisotopic (exact) mass is 245 g/mol. The first-order valence-electron chi connectivity index (χ1n) is 5.65. The van der Waals surface area contributed by atoms with E-state index in [9.17, 15) is 4.39 Å². The van der Waals surface area contributed by atoms with E-state index in [1.54, 1.807) is 24.3 Å². The zero-order valence-corrected chi connectivity index (χ0v) is 9.81. The lowest BCUT2D eigenvalue weighted by molar-refractivity contribution is 0.428. The summed E-state index contributed by atoms with van der Waals surface area (Å²) in [6, 6.07) is 9.62. The summed E-state index contributed by atoms with van der Waals surface area (Å²) in [6.45, 7) is 1.84. The van der Waals surface area contributed by atoms with Gasteiger partial charge in [0, 0.05) is 5.39 Å². The standard InChI is InChI=1S/C14H12FNO2/c1-8-5-6-11(17-8)13(16)12-7-9-3-2-4-10(15)14(9)18-12/h2-7,13H,16H2,1H3. The van der Waals surface area contributed by atoms with E-state index in [1.165, 1.54) is 6.07 Å². The van der Waals surface area contributed by atoms with Gasteiger partial charge in [-0.15, -0.1) is 0 Å². The van der Waals surface area contributed by atoms with Crippen LogP contribution in [0.3, 0.4) is 0 Å².